The van der Waals surface area contributed by atoms with Crippen LogP contribution in [-0.4, -0.2) is 25.2 Å². The maximum atomic E-state index is 12.3. The van der Waals surface area contributed by atoms with Gasteiger partial charge in [0.1, 0.15) is 11.5 Å². The van der Waals surface area contributed by atoms with Crippen LogP contribution in [0.4, 0.5) is 0 Å². The van der Waals surface area contributed by atoms with E-state index in [2.05, 4.69) is 10.5 Å². The van der Waals surface area contributed by atoms with Crippen LogP contribution < -0.4 is 14.9 Å². The average molecular weight is 443 g/mol. The first kappa shape index (κ1) is 21.4. The number of methoxy groups -OCH3 is 1. The molecule has 0 heterocycles. The second-order valence-corrected chi connectivity index (χ2v) is 6.83. The van der Waals surface area contributed by atoms with Crippen molar-refractivity contribution in [1.82, 2.24) is 5.43 Å². The van der Waals surface area contributed by atoms with Crippen LogP contribution in [0.15, 0.2) is 71.8 Å². The van der Waals surface area contributed by atoms with E-state index in [1.807, 2.05) is 0 Å². The van der Waals surface area contributed by atoms with Crippen molar-refractivity contribution in [3.63, 3.8) is 0 Å². The van der Waals surface area contributed by atoms with Crippen molar-refractivity contribution >= 4 is 41.3 Å². The fourth-order valence-corrected chi connectivity index (χ4v) is 3.02. The van der Waals surface area contributed by atoms with E-state index >= 15 is 0 Å². The van der Waals surface area contributed by atoms with Gasteiger partial charge in [-0.05, 0) is 48.0 Å². The Hall–Kier alpha value is -3.35. The number of nitrogens with zero attached hydrogens (tertiary/aromatic N) is 1. The van der Waals surface area contributed by atoms with Crippen LogP contribution in [0.1, 0.15) is 26.3 Å². The summed E-state index contributed by atoms with van der Waals surface area (Å²) in [5.74, 6) is -0.287. The minimum atomic E-state index is -0.616. The second kappa shape index (κ2) is 9.91. The molecule has 30 heavy (non-hydrogen) atoms. The summed E-state index contributed by atoms with van der Waals surface area (Å²) in [6.45, 7) is 0. The molecule has 0 fully saturated rings. The fraction of sp³-hybridized carbons (Fsp3) is 0.0455. The Morgan fingerprint density at radius 1 is 0.967 bits per heavy atom. The number of carbonyl (C=O) groups is 2. The van der Waals surface area contributed by atoms with Gasteiger partial charge in [0.25, 0.3) is 5.91 Å². The molecule has 152 valence electrons. The van der Waals surface area contributed by atoms with E-state index in [1.165, 1.54) is 25.5 Å². The van der Waals surface area contributed by atoms with Gasteiger partial charge < -0.3 is 9.47 Å². The molecule has 0 bridgehead atoms. The molecule has 0 aliphatic carbocycles. The van der Waals surface area contributed by atoms with Crippen molar-refractivity contribution in [2.24, 2.45) is 5.10 Å². The molecule has 1 amide bonds. The topological polar surface area (TPSA) is 77.0 Å². The standard InChI is InChI=1S/C22H16Cl2N2O4/c1-29-20-8-3-2-7-18(20)21(27)26-25-13-14-5-4-6-16(11-14)30-22(28)17-10-9-15(23)12-19(17)24/h2-13H,1H3,(H,26,27). The summed E-state index contributed by atoms with van der Waals surface area (Å²) in [4.78, 5) is 24.6. The molecular weight excluding hydrogens is 427 g/mol. The van der Waals surface area contributed by atoms with E-state index in [4.69, 9.17) is 32.7 Å². The Bertz CT molecular complexity index is 1120. The van der Waals surface area contributed by atoms with Gasteiger partial charge in [0.05, 0.1) is 29.5 Å². The van der Waals surface area contributed by atoms with Gasteiger partial charge >= 0.3 is 5.97 Å². The largest absolute Gasteiger partial charge is 0.496 e. The molecule has 0 radical (unpaired) electrons. The lowest BCUT2D eigenvalue weighted by Crippen LogP contribution is -2.18. The van der Waals surface area contributed by atoms with Gasteiger partial charge in [0.2, 0.25) is 0 Å². The lowest BCUT2D eigenvalue weighted by atomic mass is 10.2. The van der Waals surface area contributed by atoms with E-state index in [-0.39, 0.29) is 10.6 Å². The quantitative estimate of drug-likeness (QED) is 0.252. The first-order valence-corrected chi connectivity index (χ1v) is 9.47. The predicted molar refractivity (Wildman–Crippen MR) is 116 cm³/mol. The van der Waals surface area contributed by atoms with Gasteiger partial charge in [0.15, 0.2) is 0 Å². The van der Waals surface area contributed by atoms with Crippen LogP contribution in [0.25, 0.3) is 0 Å². The lowest BCUT2D eigenvalue weighted by Gasteiger charge is -2.07. The molecule has 0 spiro atoms. The third-order valence-electron chi connectivity index (χ3n) is 3.95. The van der Waals surface area contributed by atoms with Gasteiger partial charge in [-0.1, -0.05) is 47.5 Å². The minimum Gasteiger partial charge on any atom is -0.496 e. The zero-order valence-electron chi connectivity index (χ0n) is 15.8. The third kappa shape index (κ3) is 5.37. The molecule has 0 atom stereocenters. The maximum Gasteiger partial charge on any atom is 0.345 e. The zero-order chi connectivity index (χ0) is 21.5. The summed E-state index contributed by atoms with van der Waals surface area (Å²) in [5.41, 5.74) is 3.61. The molecule has 6 nitrogen and oxygen atoms in total. The number of hydrazone groups is 1. The average Bonchev–Trinajstić information content (AvgIpc) is 2.73. The first-order chi connectivity index (χ1) is 14.5. The highest BCUT2D eigenvalue weighted by molar-refractivity contribution is 6.36. The van der Waals surface area contributed by atoms with Gasteiger partial charge in [-0.3, -0.25) is 4.79 Å². The van der Waals surface area contributed by atoms with E-state index < -0.39 is 11.9 Å². The number of benzene rings is 3. The molecule has 3 aromatic carbocycles. The maximum absolute atomic E-state index is 12.3. The molecule has 0 aliphatic heterocycles. The number of hydrogen-bond acceptors (Lipinski definition) is 5. The number of para-hydroxylation sites is 1. The number of amides is 1. The van der Waals surface area contributed by atoms with Gasteiger partial charge in [-0.15, -0.1) is 0 Å². The first-order valence-electron chi connectivity index (χ1n) is 8.71. The Morgan fingerprint density at radius 3 is 2.53 bits per heavy atom. The Morgan fingerprint density at radius 2 is 1.77 bits per heavy atom. The van der Waals surface area contributed by atoms with Crippen molar-refractivity contribution in [2.75, 3.05) is 7.11 Å². The summed E-state index contributed by atoms with van der Waals surface area (Å²) in [6, 6.07) is 18.0. The molecule has 0 aromatic heterocycles. The summed E-state index contributed by atoms with van der Waals surface area (Å²) >= 11 is 11.9. The highest BCUT2D eigenvalue weighted by Gasteiger charge is 2.13. The second-order valence-electron chi connectivity index (χ2n) is 5.99. The number of halogens is 2. The van der Waals surface area contributed by atoms with Crippen molar-refractivity contribution < 1.29 is 19.1 Å². The Labute approximate surface area is 183 Å². The molecule has 0 aliphatic rings. The number of rotatable bonds is 6. The van der Waals surface area contributed by atoms with Crippen molar-refractivity contribution in [2.45, 2.75) is 0 Å². The summed E-state index contributed by atoms with van der Waals surface area (Å²) in [5, 5.41) is 4.56. The Kier molecular flexibility index (Phi) is 7.06. The van der Waals surface area contributed by atoms with Crippen LogP contribution in [0.2, 0.25) is 10.0 Å². The monoisotopic (exact) mass is 442 g/mol. The van der Waals surface area contributed by atoms with Gasteiger partial charge in [0, 0.05) is 5.02 Å². The van der Waals surface area contributed by atoms with Crippen LogP contribution in [-0.2, 0) is 0 Å². The molecule has 1 N–H and O–H groups in total. The minimum absolute atomic E-state index is 0.198. The van der Waals surface area contributed by atoms with Crippen LogP contribution in [0, 0.1) is 0 Å². The number of carbonyl (C=O) groups excluding carboxylic acids is 2. The predicted octanol–water partition coefficient (Wildman–Crippen LogP) is 4.99. The van der Waals surface area contributed by atoms with Crippen LogP contribution in [0.3, 0.4) is 0 Å². The highest BCUT2D eigenvalue weighted by atomic mass is 35.5. The van der Waals surface area contributed by atoms with Gasteiger partial charge in [-0.2, -0.15) is 5.10 Å². The molecule has 3 rings (SSSR count). The molecule has 3 aromatic rings. The van der Waals surface area contributed by atoms with E-state index in [9.17, 15) is 9.59 Å². The molecular formula is C22H16Cl2N2O4. The Balaban J connectivity index is 1.66. The third-order valence-corrected chi connectivity index (χ3v) is 4.50. The van der Waals surface area contributed by atoms with E-state index in [0.717, 1.165) is 0 Å². The van der Waals surface area contributed by atoms with Crippen molar-refractivity contribution in [1.29, 1.82) is 0 Å². The fourth-order valence-electron chi connectivity index (χ4n) is 2.53. The molecule has 0 saturated carbocycles. The van der Waals surface area contributed by atoms with Crippen molar-refractivity contribution in [3.8, 4) is 11.5 Å². The SMILES string of the molecule is COc1ccccc1C(=O)NN=Cc1cccc(OC(=O)c2ccc(Cl)cc2Cl)c1. The zero-order valence-corrected chi connectivity index (χ0v) is 17.3. The smallest absolute Gasteiger partial charge is 0.345 e. The summed E-state index contributed by atoms with van der Waals surface area (Å²) in [6.07, 6.45) is 1.43. The van der Waals surface area contributed by atoms with E-state index in [1.54, 1.807) is 54.6 Å². The number of hydrogen-bond donors (Lipinski definition) is 1. The molecule has 8 heteroatoms. The highest BCUT2D eigenvalue weighted by Crippen LogP contribution is 2.23. The van der Waals surface area contributed by atoms with Crippen LogP contribution in [0.5, 0.6) is 11.5 Å². The van der Waals surface area contributed by atoms with Gasteiger partial charge in [-0.25, -0.2) is 10.2 Å². The molecule has 0 unspecified atom stereocenters. The molecule has 0 saturated heterocycles. The number of esters is 1. The summed E-state index contributed by atoms with van der Waals surface area (Å²) < 4.78 is 10.5. The normalized spacial score (nSPS) is 10.6. The lowest BCUT2D eigenvalue weighted by molar-refractivity contribution is 0.0734. The van der Waals surface area contributed by atoms with Crippen LogP contribution >= 0.6 is 23.2 Å². The number of nitrogens with one attached hydrogen (secondary N) is 1. The van der Waals surface area contributed by atoms with E-state index in [0.29, 0.717) is 27.6 Å². The number of ether oxygens (including phenoxy) is 2. The summed E-state index contributed by atoms with van der Waals surface area (Å²) in [7, 11) is 1.49. The van der Waals surface area contributed by atoms with Crippen molar-refractivity contribution in [3.05, 3.63) is 93.5 Å².